The minimum Gasteiger partial charge on any atom is -0.263 e. The third-order valence-electron chi connectivity index (χ3n) is 1.27. The lowest BCUT2D eigenvalue weighted by Gasteiger charge is -1.98. The van der Waals surface area contributed by atoms with Crippen LogP contribution in [0.3, 0.4) is 0 Å². The molecule has 0 N–H and O–H groups in total. The molecular formula is C7H4BrN3S2. The van der Waals surface area contributed by atoms with E-state index in [1.165, 1.54) is 11.5 Å². The van der Waals surface area contributed by atoms with Gasteiger partial charge in [0.05, 0.1) is 0 Å². The molecule has 0 saturated carbocycles. The Bertz CT molecular complexity index is 390. The summed E-state index contributed by atoms with van der Waals surface area (Å²) in [5.41, 5.74) is 0. The van der Waals surface area contributed by atoms with Gasteiger partial charge in [-0.2, -0.15) is 4.37 Å². The molecule has 2 heterocycles. The van der Waals surface area contributed by atoms with Crippen molar-refractivity contribution < 1.29 is 0 Å². The molecule has 0 saturated heterocycles. The van der Waals surface area contributed by atoms with Gasteiger partial charge in [-0.1, -0.05) is 11.8 Å². The lowest BCUT2D eigenvalue weighted by atomic mass is 10.5. The van der Waals surface area contributed by atoms with Crippen LogP contribution < -0.4 is 0 Å². The lowest BCUT2D eigenvalue weighted by molar-refractivity contribution is 1.19. The number of halogens is 1. The Morgan fingerprint density at radius 1 is 1.46 bits per heavy atom. The minimum absolute atomic E-state index is 0.937. The number of hydrogen-bond acceptors (Lipinski definition) is 5. The molecule has 3 nitrogen and oxygen atoms in total. The highest BCUT2D eigenvalue weighted by Crippen LogP contribution is 2.32. The molecule has 0 amide bonds. The predicted octanol–water partition coefficient (Wildman–Crippen LogP) is 2.85. The average molecular weight is 274 g/mol. The summed E-state index contributed by atoms with van der Waals surface area (Å²) in [5.74, 6) is 0. The zero-order valence-electron chi connectivity index (χ0n) is 6.35. The fourth-order valence-corrected chi connectivity index (χ4v) is 2.63. The molecule has 0 aliphatic carbocycles. The molecule has 6 heteroatoms. The molecule has 2 aromatic rings. The molecule has 66 valence electrons. The number of pyridine rings is 1. The first-order chi connectivity index (χ1) is 6.36. The van der Waals surface area contributed by atoms with Gasteiger partial charge < -0.3 is 0 Å². The average Bonchev–Trinajstić information content (AvgIpc) is 2.61. The zero-order valence-corrected chi connectivity index (χ0v) is 9.56. The second-order valence-electron chi connectivity index (χ2n) is 2.12. The summed E-state index contributed by atoms with van der Waals surface area (Å²) < 4.78 is 5.85. The summed E-state index contributed by atoms with van der Waals surface area (Å²) in [5, 5.41) is 0. The molecule has 0 unspecified atom stereocenters. The van der Waals surface area contributed by atoms with Gasteiger partial charge in [0.1, 0.15) is 6.33 Å². The molecule has 0 aromatic carbocycles. The second-order valence-corrected chi connectivity index (χ2v) is 5.04. The highest BCUT2D eigenvalue weighted by atomic mass is 79.9. The van der Waals surface area contributed by atoms with Crippen LogP contribution in [-0.4, -0.2) is 14.3 Å². The van der Waals surface area contributed by atoms with Gasteiger partial charge in [-0.25, -0.2) is 4.98 Å². The molecule has 13 heavy (non-hydrogen) atoms. The summed E-state index contributed by atoms with van der Waals surface area (Å²) in [6.07, 6.45) is 5.08. The molecule has 0 fully saturated rings. The van der Waals surface area contributed by atoms with E-state index in [1.54, 1.807) is 30.5 Å². The predicted molar refractivity (Wildman–Crippen MR) is 56.0 cm³/mol. The van der Waals surface area contributed by atoms with E-state index in [9.17, 15) is 0 Å². The first kappa shape index (κ1) is 9.11. The normalized spacial score (nSPS) is 10.2. The van der Waals surface area contributed by atoms with Gasteiger partial charge in [-0.3, -0.25) is 4.98 Å². The molecule has 0 aliphatic heterocycles. The molecule has 0 aliphatic rings. The van der Waals surface area contributed by atoms with Gasteiger partial charge in [-0.15, -0.1) is 0 Å². The zero-order chi connectivity index (χ0) is 9.10. The SMILES string of the molecule is Brc1cnccc1Sc1ncns1. The summed E-state index contributed by atoms with van der Waals surface area (Å²) in [4.78, 5) is 9.17. The van der Waals surface area contributed by atoms with E-state index in [0.29, 0.717) is 0 Å². The molecule has 2 aromatic heterocycles. The Kier molecular flexibility index (Phi) is 2.92. The van der Waals surface area contributed by atoms with Gasteiger partial charge in [0.25, 0.3) is 0 Å². The summed E-state index contributed by atoms with van der Waals surface area (Å²) in [6.45, 7) is 0. The van der Waals surface area contributed by atoms with Crippen molar-refractivity contribution in [1.82, 2.24) is 14.3 Å². The van der Waals surface area contributed by atoms with E-state index in [4.69, 9.17) is 0 Å². The quantitative estimate of drug-likeness (QED) is 0.844. The van der Waals surface area contributed by atoms with Gasteiger partial charge >= 0.3 is 0 Å². The van der Waals surface area contributed by atoms with Crippen molar-refractivity contribution in [2.45, 2.75) is 9.24 Å². The van der Waals surface area contributed by atoms with Gasteiger partial charge in [-0.05, 0) is 33.5 Å². The van der Waals surface area contributed by atoms with E-state index in [0.717, 1.165) is 13.7 Å². The number of rotatable bonds is 2. The van der Waals surface area contributed by atoms with Crippen LogP contribution in [0.5, 0.6) is 0 Å². The van der Waals surface area contributed by atoms with Crippen LogP contribution in [0.25, 0.3) is 0 Å². The van der Waals surface area contributed by atoms with Crippen LogP contribution in [0.1, 0.15) is 0 Å². The fraction of sp³-hybridized carbons (Fsp3) is 0. The third kappa shape index (κ3) is 2.26. The highest BCUT2D eigenvalue weighted by molar-refractivity contribution is 9.10. The Labute approximate surface area is 91.9 Å². The third-order valence-corrected chi connectivity index (χ3v) is 3.96. The standard InChI is InChI=1S/C7H4BrN3S2/c8-5-3-9-2-1-6(5)12-7-10-4-11-13-7/h1-4H. The van der Waals surface area contributed by atoms with E-state index in [-0.39, 0.29) is 0 Å². The number of nitrogens with zero attached hydrogens (tertiary/aromatic N) is 3. The molecular weight excluding hydrogens is 270 g/mol. The topological polar surface area (TPSA) is 38.7 Å². The molecule has 0 spiro atoms. The minimum atomic E-state index is 0.937. The van der Waals surface area contributed by atoms with Crippen LogP contribution in [0, 0.1) is 0 Å². The fourth-order valence-electron chi connectivity index (χ4n) is 0.747. The maximum atomic E-state index is 4.08. The number of hydrogen-bond donors (Lipinski definition) is 0. The Balaban J connectivity index is 2.24. The van der Waals surface area contributed by atoms with E-state index in [1.807, 2.05) is 6.07 Å². The molecule has 0 bridgehead atoms. The van der Waals surface area contributed by atoms with Gasteiger partial charge in [0, 0.05) is 21.8 Å². The summed E-state index contributed by atoms with van der Waals surface area (Å²) >= 11 is 6.38. The van der Waals surface area contributed by atoms with Crippen LogP contribution >= 0.6 is 39.2 Å². The monoisotopic (exact) mass is 273 g/mol. The molecule has 0 radical (unpaired) electrons. The molecule has 2 rings (SSSR count). The Hall–Kier alpha value is -0.460. The van der Waals surface area contributed by atoms with Crippen molar-refractivity contribution in [2.24, 2.45) is 0 Å². The maximum Gasteiger partial charge on any atom is 0.174 e. The first-order valence-electron chi connectivity index (χ1n) is 3.40. The second kappa shape index (κ2) is 4.17. The number of aromatic nitrogens is 3. The largest absolute Gasteiger partial charge is 0.263 e. The van der Waals surface area contributed by atoms with Crippen molar-refractivity contribution in [3.63, 3.8) is 0 Å². The molecule has 0 atom stereocenters. The van der Waals surface area contributed by atoms with Crippen molar-refractivity contribution in [2.75, 3.05) is 0 Å². The first-order valence-corrected chi connectivity index (χ1v) is 5.78. The Morgan fingerprint density at radius 2 is 2.38 bits per heavy atom. The lowest BCUT2D eigenvalue weighted by Crippen LogP contribution is -1.76. The van der Waals surface area contributed by atoms with Gasteiger partial charge in [0.15, 0.2) is 4.34 Å². The van der Waals surface area contributed by atoms with Crippen LogP contribution in [0.2, 0.25) is 0 Å². The summed E-state index contributed by atoms with van der Waals surface area (Å²) in [7, 11) is 0. The maximum absolute atomic E-state index is 4.08. The van der Waals surface area contributed by atoms with E-state index >= 15 is 0 Å². The Morgan fingerprint density at radius 3 is 3.08 bits per heavy atom. The van der Waals surface area contributed by atoms with Gasteiger partial charge in [0.2, 0.25) is 0 Å². The van der Waals surface area contributed by atoms with Crippen molar-refractivity contribution in [3.8, 4) is 0 Å². The van der Waals surface area contributed by atoms with Crippen LogP contribution in [0.4, 0.5) is 0 Å². The van der Waals surface area contributed by atoms with E-state index < -0.39 is 0 Å². The van der Waals surface area contributed by atoms with E-state index in [2.05, 4.69) is 30.3 Å². The smallest absolute Gasteiger partial charge is 0.174 e. The van der Waals surface area contributed by atoms with Crippen LogP contribution in [-0.2, 0) is 0 Å². The highest BCUT2D eigenvalue weighted by Gasteiger charge is 2.03. The van der Waals surface area contributed by atoms with Crippen molar-refractivity contribution in [1.29, 1.82) is 0 Å². The van der Waals surface area contributed by atoms with Crippen LogP contribution in [0.15, 0.2) is 38.5 Å². The van der Waals surface area contributed by atoms with Crippen molar-refractivity contribution >= 4 is 39.2 Å². The van der Waals surface area contributed by atoms with Crippen molar-refractivity contribution in [3.05, 3.63) is 29.3 Å². The summed E-state index contributed by atoms with van der Waals surface area (Å²) in [6, 6.07) is 1.94.